The fraction of sp³-hybridized carbons (Fsp3) is 0.500. The minimum atomic E-state index is -1.35. The zero-order chi connectivity index (χ0) is 26.3. The highest BCUT2D eigenvalue weighted by molar-refractivity contribution is 8.15. The third-order valence-corrected chi connectivity index (χ3v) is 6.45. The molecule has 0 unspecified atom stereocenters. The van der Waals surface area contributed by atoms with Crippen LogP contribution in [0.5, 0.6) is 0 Å². The lowest BCUT2D eigenvalue weighted by Crippen LogP contribution is -2.33. The second-order valence-corrected chi connectivity index (χ2v) is 10.0. The van der Waals surface area contributed by atoms with Gasteiger partial charge in [-0.2, -0.15) is 0 Å². The van der Waals surface area contributed by atoms with Gasteiger partial charge in [-0.3, -0.25) is 9.59 Å². The summed E-state index contributed by atoms with van der Waals surface area (Å²) in [7, 11) is 0. The van der Waals surface area contributed by atoms with E-state index in [0.717, 1.165) is 0 Å². The molecule has 0 aromatic carbocycles. The predicted molar refractivity (Wildman–Crippen MR) is 119 cm³/mol. The van der Waals surface area contributed by atoms with Gasteiger partial charge in [0.25, 0.3) is 0 Å². The number of carboxylic acid groups (broad SMARTS) is 1. The summed E-state index contributed by atoms with van der Waals surface area (Å²) >= 11 is 1.06. The molecule has 13 nitrogen and oxygen atoms in total. The second-order valence-electron chi connectivity index (χ2n) is 7.53. The Labute approximate surface area is 205 Å². The predicted octanol–water partition coefficient (Wildman–Crippen LogP) is 3.27. The summed E-state index contributed by atoms with van der Waals surface area (Å²) < 4.78 is 27.2. The van der Waals surface area contributed by atoms with E-state index in [4.69, 9.17) is 13.9 Å². The number of rotatable bonds is 11. The first-order valence-electron chi connectivity index (χ1n) is 9.88. The van der Waals surface area contributed by atoms with Gasteiger partial charge in [0.15, 0.2) is 36.3 Å². The molecule has 0 spiro atoms. The number of carboxylic acids is 1. The topological polar surface area (TPSA) is 194 Å². The molecule has 0 fully saturated rings. The summed E-state index contributed by atoms with van der Waals surface area (Å²) in [5.41, 5.74) is 0. The van der Waals surface area contributed by atoms with E-state index < -0.39 is 51.1 Å². The minimum absolute atomic E-state index is 0.0182. The first-order chi connectivity index (χ1) is 16.3. The van der Waals surface area contributed by atoms with Crippen LogP contribution in [0.1, 0.15) is 43.3 Å². The number of carbonyl (C=O) groups excluding carboxylic acids is 3. The summed E-state index contributed by atoms with van der Waals surface area (Å²) in [5, 5.41) is 7.75. The third-order valence-electron chi connectivity index (χ3n) is 4.51. The molecule has 0 aliphatic heterocycles. The van der Waals surface area contributed by atoms with Gasteiger partial charge in [-0.1, -0.05) is 0 Å². The molecule has 35 heavy (non-hydrogen) atoms. The number of thioether (sulfide) groups is 2. The van der Waals surface area contributed by atoms with Crippen LogP contribution < -0.4 is 11.6 Å². The van der Waals surface area contributed by atoms with Crippen molar-refractivity contribution in [3.63, 3.8) is 0 Å². The molecule has 0 aliphatic rings. The van der Waals surface area contributed by atoms with E-state index in [1.807, 2.05) is 0 Å². The molecule has 1 N–H and O–H groups in total. The molecular formula is C20H22O13S2. The molecule has 0 saturated heterocycles. The van der Waals surface area contributed by atoms with E-state index in [2.05, 4.69) is 13.3 Å². The van der Waals surface area contributed by atoms with Crippen molar-refractivity contribution in [3.05, 3.63) is 44.3 Å². The standard InChI is InChI=1S/C20H22O13S2/c1-9-12(32-16(24)30-9)6-28-18(26)34-8-11(15(22)23)5-14(21)20(3,4)35-19(27)29-7-13-10(2)31-17(25)33-13/h11H,5-8H2,1-4H3,(H,22,23)/t11-/m0/s1. The average molecular weight is 535 g/mol. The van der Waals surface area contributed by atoms with Crippen molar-refractivity contribution >= 4 is 45.9 Å². The van der Waals surface area contributed by atoms with Gasteiger partial charge in [0.2, 0.25) is 0 Å². The van der Waals surface area contributed by atoms with Crippen LogP contribution in [0, 0.1) is 19.8 Å². The van der Waals surface area contributed by atoms with Crippen molar-refractivity contribution in [2.45, 2.75) is 52.1 Å². The van der Waals surface area contributed by atoms with Crippen LogP contribution in [0.4, 0.5) is 9.59 Å². The summed E-state index contributed by atoms with van der Waals surface area (Å²) in [4.78, 5) is 70.3. The zero-order valence-electron chi connectivity index (χ0n) is 19.1. The van der Waals surface area contributed by atoms with Crippen LogP contribution in [0.15, 0.2) is 27.3 Å². The lowest BCUT2D eigenvalue weighted by molar-refractivity contribution is -0.143. The Balaban J connectivity index is 1.84. The second kappa shape index (κ2) is 12.0. The Morgan fingerprint density at radius 1 is 0.886 bits per heavy atom. The van der Waals surface area contributed by atoms with Gasteiger partial charge < -0.3 is 32.2 Å². The van der Waals surface area contributed by atoms with Crippen LogP contribution in [-0.4, -0.2) is 38.0 Å². The molecule has 192 valence electrons. The number of Topliss-reactive ketones (excluding diaryl/α,β-unsaturated/α-hetero) is 1. The van der Waals surface area contributed by atoms with Crippen molar-refractivity contribution in [2.24, 2.45) is 5.92 Å². The lowest BCUT2D eigenvalue weighted by atomic mass is 9.97. The molecule has 2 aromatic heterocycles. The maximum absolute atomic E-state index is 12.7. The molecule has 0 bridgehead atoms. The Morgan fingerprint density at radius 2 is 1.37 bits per heavy atom. The van der Waals surface area contributed by atoms with Crippen LogP contribution in [0.3, 0.4) is 0 Å². The normalized spacial score (nSPS) is 12.2. The highest BCUT2D eigenvalue weighted by Gasteiger charge is 2.35. The summed E-state index contributed by atoms with van der Waals surface area (Å²) in [6.07, 6.45) is -0.464. The number of ketones is 1. The Kier molecular flexibility index (Phi) is 9.59. The Bertz CT molecular complexity index is 1200. The highest BCUT2D eigenvalue weighted by Crippen LogP contribution is 2.31. The molecule has 0 amide bonds. The molecule has 1 atom stereocenters. The highest BCUT2D eigenvalue weighted by atomic mass is 32.2. The van der Waals surface area contributed by atoms with Crippen LogP contribution in [0.2, 0.25) is 0 Å². The molecular weight excluding hydrogens is 512 g/mol. The average Bonchev–Trinajstić information content (AvgIpc) is 3.25. The fourth-order valence-corrected chi connectivity index (χ4v) is 3.93. The van der Waals surface area contributed by atoms with Gasteiger partial charge in [-0.15, -0.1) is 0 Å². The maximum Gasteiger partial charge on any atom is 0.519 e. The molecule has 0 aliphatic carbocycles. The SMILES string of the molecule is Cc1oc(=O)oc1COC(=O)SC[C@H](CC(=O)C(C)(C)SC(=O)OCc1oc(=O)oc1C)C(=O)O. The summed E-state index contributed by atoms with van der Waals surface area (Å²) in [6.45, 7) is 4.97. The molecule has 2 rings (SSSR count). The van der Waals surface area contributed by atoms with Gasteiger partial charge in [0.05, 0.1) is 10.7 Å². The quantitative estimate of drug-likeness (QED) is 0.412. The minimum Gasteiger partial charge on any atom is -0.481 e. The first-order valence-corrected chi connectivity index (χ1v) is 11.7. The number of aryl methyl sites for hydroxylation is 2. The van der Waals surface area contributed by atoms with Crippen molar-refractivity contribution in [3.8, 4) is 0 Å². The third kappa shape index (κ3) is 8.51. The number of aliphatic carboxylic acids is 1. The molecule has 0 saturated carbocycles. The number of hydrogen-bond donors (Lipinski definition) is 1. The first kappa shape index (κ1) is 28.0. The van der Waals surface area contributed by atoms with Crippen LogP contribution in [0.25, 0.3) is 0 Å². The fourth-order valence-electron chi connectivity index (χ4n) is 2.45. The monoisotopic (exact) mass is 534 g/mol. The Morgan fingerprint density at radius 3 is 1.80 bits per heavy atom. The molecule has 2 aromatic rings. The smallest absolute Gasteiger partial charge is 0.481 e. The van der Waals surface area contributed by atoms with E-state index in [9.17, 15) is 33.9 Å². The molecule has 0 radical (unpaired) electrons. The van der Waals surface area contributed by atoms with E-state index >= 15 is 0 Å². The Hall–Kier alpha value is -3.20. The zero-order valence-corrected chi connectivity index (χ0v) is 20.7. The van der Waals surface area contributed by atoms with Gasteiger partial charge in [-0.25, -0.2) is 19.2 Å². The van der Waals surface area contributed by atoms with E-state index in [1.165, 1.54) is 27.7 Å². The van der Waals surface area contributed by atoms with Crippen molar-refractivity contribution < 1.29 is 51.4 Å². The number of ether oxygens (including phenoxy) is 2. The van der Waals surface area contributed by atoms with Crippen LogP contribution in [-0.2, 0) is 32.3 Å². The summed E-state index contributed by atoms with van der Waals surface area (Å²) in [5.74, 6) is -4.97. The molecule has 15 heteroatoms. The number of carbonyl (C=O) groups is 4. The van der Waals surface area contributed by atoms with Crippen molar-refractivity contribution in [2.75, 3.05) is 5.75 Å². The van der Waals surface area contributed by atoms with Gasteiger partial charge in [0.1, 0.15) is 5.78 Å². The van der Waals surface area contributed by atoms with Gasteiger partial charge in [-0.05, 0) is 51.2 Å². The van der Waals surface area contributed by atoms with Gasteiger partial charge in [0, 0.05) is 12.2 Å². The van der Waals surface area contributed by atoms with Crippen molar-refractivity contribution in [1.82, 2.24) is 0 Å². The summed E-state index contributed by atoms with van der Waals surface area (Å²) in [6, 6.07) is 0. The van der Waals surface area contributed by atoms with Gasteiger partial charge >= 0.3 is 28.2 Å². The van der Waals surface area contributed by atoms with Crippen molar-refractivity contribution in [1.29, 1.82) is 0 Å². The lowest BCUT2D eigenvalue weighted by Gasteiger charge is -2.22. The van der Waals surface area contributed by atoms with E-state index in [0.29, 0.717) is 23.5 Å². The maximum atomic E-state index is 12.7. The van der Waals surface area contributed by atoms with Crippen LogP contribution >= 0.6 is 23.5 Å². The van der Waals surface area contributed by atoms with E-state index in [1.54, 1.807) is 0 Å². The number of hydrogen-bond acceptors (Lipinski definition) is 14. The molecule has 2 heterocycles. The largest absolute Gasteiger partial charge is 0.519 e. The van der Waals surface area contributed by atoms with E-state index in [-0.39, 0.29) is 42.0 Å².